The number of hydrogen-bond acceptors (Lipinski definition) is 4. The van der Waals surface area contributed by atoms with E-state index in [1.54, 1.807) is 0 Å². The van der Waals surface area contributed by atoms with Gasteiger partial charge in [0.1, 0.15) is 0 Å². The van der Waals surface area contributed by atoms with Crippen molar-refractivity contribution in [3.8, 4) is 22.7 Å². The summed E-state index contributed by atoms with van der Waals surface area (Å²) in [7, 11) is 0. The predicted molar refractivity (Wildman–Crippen MR) is 511 cm³/mol. The average Bonchev–Trinajstić information content (AvgIpc) is 0.810. The fourth-order valence-corrected chi connectivity index (χ4v) is 20.1. The van der Waals surface area contributed by atoms with Gasteiger partial charge in [-0.05, 0) is 231 Å². The first kappa shape index (κ1) is 74.7. The molecule has 0 fully saturated rings. The van der Waals surface area contributed by atoms with Crippen LogP contribution in [0.1, 0.15) is 99.9 Å². The van der Waals surface area contributed by atoms with Gasteiger partial charge < -0.3 is 37.9 Å². The van der Waals surface area contributed by atoms with E-state index in [1.807, 2.05) is 0 Å². The van der Waals surface area contributed by atoms with E-state index >= 15 is 0 Å². The summed E-state index contributed by atoms with van der Waals surface area (Å²) >= 11 is 0. The molecule has 586 valence electrons. The Morgan fingerprint density at radius 2 is 0.392 bits per heavy atom. The van der Waals surface area contributed by atoms with Crippen molar-refractivity contribution in [3.05, 3.63) is 397 Å². The monoisotopic (exact) mass is 1550 g/mol. The molecule has 0 bridgehead atoms. The van der Waals surface area contributed by atoms with E-state index in [4.69, 9.17) is 0 Å². The summed E-state index contributed by atoms with van der Waals surface area (Å²) in [6.07, 6.45) is 15.4. The maximum atomic E-state index is 2.69. The zero-order valence-corrected chi connectivity index (χ0v) is 69.7. The normalized spacial score (nSPS) is 11.8. The van der Waals surface area contributed by atoms with Crippen LogP contribution < -0.4 is 19.6 Å². The standard InChI is InChI=1S/C112H98N8/c1-9-75-69-79-61-65-113(83-41-25-17-26-42-83)105(79)91(13-5)109(75)117(87-49-33-21-34-50-87)99-73-100(118(88-51-35-22-36-52-88)110-76(10-2)70-80-62-66-114(106(80)92(110)14-6)84-43-27-18-28-44-84)96-59-60-98-102(120(90-55-39-24-40-56-90)112-78(12-4)72-82-64-68-116(108(82)94(112)16-8)86-47-31-20-32-48-86)74-101(97-58-57-95(99)103(96)104(97)98)119(89-53-37-23-38-54-89)111-77(11-3)71-81-63-67-115(107(81)93(111)15-7)85-45-29-19-30-46-85/h17-74H,9-16H2,1-8H3. The minimum Gasteiger partial charge on any atom is -0.316 e. The van der Waals surface area contributed by atoms with Crippen LogP contribution in [0, 0.1) is 0 Å². The third-order valence-electron chi connectivity index (χ3n) is 25.3. The molecule has 16 aromatic carbocycles. The van der Waals surface area contributed by atoms with E-state index in [-0.39, 0.29) is 0 Å². The highest BCUT2D eigenvalue weighted by molar-refractivity contribution is 6.33. The molecule has 0 N–H and O–H groups in total. The summed E-state index contributed by atoms with van der Waals surface area (Å²) in [5, 5.41) is 11.8. The molecule has 120 heavy (non-hydrogen) atoms. The Bertz CT molecular complexity index is 6310. The highest BCUT2D eigenvalue weighted by atomic mass is 15.2. The first-order chi connectivity index (χ1) is 59.3. The van der Waals surface area contributed by atoms with Crippen LogP contribution >= 0.6 is 0 Å². The summed E-state index contributed by atoms with van der Waals surface area (Å²) in [6.45, 7) is 18.9. The second kappa shape index (κ2) is 31.4. The predicted octanol–water partition coefficient (Wildman–Crippen LogP) is 30.7. The highest BCUT2D eigenvalue weighted by Gasteiger charge is 2.35. The van der Waals surface area contributed by atoms with Crippen LogP contribution in [0.2, 0.25) is 0 Å². The molecule has 0 atom stereocenters. The van der Waals surface area contributed by atoms with Gasteiger partial charge in [-0.25, -0.2) is 0 Å². The minimum absolute atomic E-state index is 0.773. The van der Waals surface area contributed by atoms with Gasteiger partial charge in [-0.2, -0.15) is 0 Å². The summed E-state index contributed by atoms with van der Waals surface area (Å²) in [5.74, 6) is 0. The summed E-state index contributed by atoms with van der Waals surface area (Å²) in [4.78, 5) is 10.8. The van der Waals surface area contributed by atoms with E-state index in [9.17, 15) is 0 Å². The SMILES string of the molecule is CCc1cc2ccn(-c3ccccc3)c2c(CC)c1N(c1ccccc1)c1cc(N(c2ccccc2)c2c(CC)cc3ccn(-c4ccccc4)c3c2CC)c2ccc3c(N(c4ccccc4)c4c(CC)cc5ccn(-c6ccccc6)c5c4CC)cc(N(c4ccccc4)c4c(CC)cc5ccn(-c6ccccc6)c5c4CC)c4ccc1c2c43. The van der Waals surface area contributed by atoms with Crippen molar-refractivity contribution in [2.75, 3.05) is 19.6 Å². The zero-order chi connectivity index (χ0) is 81.2. The molecule has 0 aliphatic carbocycles. The van der Waals surface area contributed by atoms with Crippen molar-refractivity contribution in [2.24, 2.45) is 0 Å². The van der Waals surface area contributed by atoms with Crippen LogP contribution in [0.5, 0.6) is 0 Å². The Labute approximate surface area is 703 Å². The Balaban J connectivity index is 1.01. The molecule has 0 saturated carbocycles. The molecule has 0 saturated heterocycles. The van der Waals surface area contributed by atoms with Crippen LogP contribution in [-0.4, -0.2) is 18.3 Å². The smallest absolute Gasteiger partial charge is 0.0581 e. The van der Waals surface area contributed by atoms with Crippen molar-refractivity contribution in [3.63, 3.8) is 0 Å². The lowest BCUT2D eigenvalue weighted by Crippen LogP contribution is -2.20. The second-order valence-electron chi connectivity index (χ2n) is 31.7. The molecule has 0 amide bonds. The molecule has 0 unspecified atom stereocenters. The van der Waals surface area contributed by atoms with Crippen LogP contribution in [0.15, 0.2) is 352 Å². The van der Waals surface area contributed by atoms with Crippen molar-refractivity contribution in [1.82, 2.24) is 18.3 Å². The molecule has 0 spiro atoms. The first-order valence-electron chi connectivity index (χ1n) is 43.3. The first-order valence-corrected chi connectivity index (χ1v) is 43.3. The number of nitrogens with zero attached hydrogens (tertiary/aromatic N) is 8. The van der Waals surface area contributed by atoms with Crippen LogP contribution in [0.3, 0.4) is 0 Å². The van der Waals surface area contributed by atoms with Gasteiger partial charge in [-0.3, -0.25) is 0 Å². The Morgan fingerprint density at radius 1 is 0.200 bits per heavy atom. The van der Waals surface area contributed by atoms with Crippen LogP contribution in [0.25, 0.3) is 98.7 Å². The Kier molecular flexibility index (Phi) is 19.6. The number of hydrogen-bond donors (Lipinski definition) is 0. The number of aryl methyl sites for hydroxylation is 8. The molecule has 0 aliphatic rings. The molecule has 0 aliphatic heterocycles. The van der Waals surface area contributed by atoms with Crippen molar-refractivity contribution < 1.29 is 0 Å². The highest BCUT2D eigenvalue weighted by Crippen LogP contribution is 2.59. The summed E-state index contributed by atoms with van der Waals surface area (Å²) < 4.78 is 9.73. The number of aromatic nitrogens is 4. The number of fused-ring (bicyclic) bond motifs is 4. The van der Waals surface area contributed by atoms with E-state index in [2.05, 4.69) is 446 Å². The minimum atomic E-state index is 0.773. The third-order valence-corrected chi connectivity index (χ3v) is 25.3. The van der Waals surface area contributed by atoms with Crippen molar-refractivity contribution in [1.29, 1.82) is 0 Å². The molecule has 4 heterocycles. The van der Waals surface area contributed by atoms with E-state index in [0.717, 1.165) is 141 Å². The van der Waals surface area contributed by atoms with Gasteiger partial charge in [0.25, 0.3) is 0 Å². The number of rotatable bonds is 24. The van der Waals surface area contributed by atoms with Crippen LogP contribution in [-0.2, 0) is 51.4 Å². The summed E-state index contributed by atoms with van der Waals surface area (Å²) in [6, 6.07) is 124. The number of anilines is 12. The molecule has 20 aromatic rings. The van der Waals surface area contributed by atoms with Gasteiger partial charge in [-0.1, -0.05) is 225 Å². The van der Waals surface area contributed by atoms with Gasteiger partial charge in [0.15, 0.2) is 0 Å². The average molecular weight is 1560 g/mol. The van der Waals surface area contributed by atoms with Gasteiger partial charge in [0.05, 0.1) is 67.6 Å². The number of benzene rings is 16. The molecule has 0 radical (unpaired) electrons. The molecular weight excluding hydrogens is 1460 g/mol. The maximum Gasteiger partial charge on any atom is 0.0581 e. The van der Waals surface area contributed by atoms with Crippen molar-refractivity contribution >= 4 is 144 Å². The molecule has 20 rings (SSSR count). The second-order valence-corrected chi connectivity index (χ2v) is 31.7. The lowest BCUT2D eigenvalue weighted by Gasteiger charge is -2.37. The third kappa shape index (κ3) is 12.2. The van der Waals surface area contributed by atoms with Gasteiger partial charge >= 0.3 is 0 Å². The maximum absolute atomic E-state index is 2.69. The summed E-state index contributed by atoms with van der Waals surface area (Å²) in [5.41, 5.74) is 33.1. The fourth-order valence-electron chi connectivity index (χ4n) is 20.1. The topological polar surface area (TPSA) is 32.7 Å². The van der Waals surface area contributed by atoms with Crippen LogP contribution in [0.4, 0.5) is 68.2 Å². The fraction of sp³-hybridized carbons (Fsp3) is 0.143. The van der Waals surface area contributed by atoms with Gasteiger partial charge in [-0.15, -0.1) is 0 Å². The molecule has 8 heteroatoms. The lowest BCUT2D eigenvalue weighted by atomic mass is 9.87. The number of para-hydroxylation sites is 8. The lowest BCUT2D eigenvalue weighted by molar-refractivity contribution is 1.04. The Hall–Kier alpha value is -14.1. The zero-order valence-electron chi connectivity index (χ0n) is 69.7. The van der Waals surface area contributed by atoms with E-state index in [1.165, 1.54) is 122 Å². The van der Waals surface area contributed by atoms with Crippen molar-refractivity contribution in [2.45, 2.75) is 107 Å². The molecule has 8 nitrogen and oxygen atoms in total. The molecule has 4 aromatic heterocycles. The Morgan fingerprint density at radius 3 is 0.575 bits per heavy atom. The van der Waals surface area contributed by atoms with Gasteiger partial charge in [0.2, 0.25) is 0 Å². The van der Waals surface area contributed by atoms with E-state index in [0.29, 0.717) is 0 Å². The largest absolute Gasteiger partial charge is 0.316 e. The molecular formula is C112H98N8. The van der Waals surface area contributed by atoms with Gasteiger partial charge in [0, 0.05) is 146 Å². The quantitative estimate of drug-likeness (QED) is 0.0565. The van der Waals surface area contributed by atoms with E-state index < -0.39 is 0 Å².